The number of rotatable bonds is 6. The number of piperazine rings is 1. The number of amides is 2. The standard InChI is InChI=1S/C25H35N5O2S/c1-19-7-6-9-22(21(19)3)30-12-10-26-25(30)33-18-24(32)28-15-13-27(14-16-28)17-23(31)29-11-5-4-8-20(29)2/h6-7,9-10,12,20H,4-5,8,11,13-18H2,1-3H3. The first-order chi connectivity index (χ1) is 15.9. The molecule has 1 aromatic heterocycles. The van der Waals surface area contributed by atoms with Gasteiger partial charge in [-0.1, -0.05) is 23.9 Å². The molecule has 1 unspecified atom stereocenters. The van der Waals surface area contributed by atoms with Crippen LogP contribution in [0.3, 0.4) is 0 Å². The molecule has 0 saturated carbocycles. The Morgan fingerprint density at radius 1 is 1.06 bits per heavy atom. The molecule has 2 amide bonds. The third-order valence-electron chi connectivity index (χ3n) is 6.97. The monoisotopic (exact) mass is 469 g/mol. The van der Waals surface area contributed by atoms with E-state index in [-0.39, 0.29) is 11.8 Å². The molecule has 33 heavy (non-hydrogen) atoms. The van der Waals surface area contributed by atoms with Gasteiger partial charge in [0.05, 0.1) is 18.0 Å². The highest BCUT2D eigenvalue weighted by Gasteiger charge is 2.27. The number of piperidine rings is 1. The smallest absolute Gasteiger partial charge is 0.236 e. The average Bonchev–Trinajstić information content (AvgIpc) is 3.28. The summed E-state index contributed by atoms with van der Waals surface area (Å²) >= 11 is 1.48. The molecule has 3 heterocycles. The molecule has 0 radical (unpaired) electrons. The minimum Gasteiger partial charge on any atom is -0.339 e. The lowest BCUT2D eigenvalue weighted by atomic mass is 10.0. The van der Waals surface area contributed by atoms with Crippen LogP contribution in [0.5, 0.6) is 0 Å². The van der Waals surface area contributed by atoms with Crippen LogP contribution in [-0.4, -0.2) is 87.1 Å². The molecule has 2 aliphatic heterocycles. The van der Waals surface area contributed by atoms with Crippen LogP contribution in [0.4, 0.5) is 0 Å². The Morgan fingerprint density at radius 2 is 1.85 bits per heavy atom. The number of imidazole rings is 1. The van der Waals surface area contributed by atoms with Gasteiger partial charge in [-0.3, -0.25) is 19.1 Å². The van der Waals surface area contributed by atoms with Gasteiger partial charge in [0.2, 0.25) is 11.8 Å². The summed E-state index contributed by atoms with van der Waals surface area (Å²) < 4.78 is 2.06. The van der Waals surface area contributed by atoms with E-state index in [0.717, 1.165) is 43.3 Å². The predicted octanol–water partition coefficient (Wildman–Crippen LogP) is 3.13. The highest BCUT2D eigenvalue weighted by Crippen LogP contribution is 2.24. The average molecular weight is 470 g/mol. The SMILES string of the molecule is Cc1cccc(-n2ccnc2SCC(=O)N2CCN(CC(=O)N3CCCCC3C)CC2)c1C. The number of aromatic nitrogens is 2. The number of benzene rings is 1. The van der Waals surface area contributed by atoms with Crippen LogP contribution in [0.25, 0.3) is 5.69 Å². The zero-order valence-electron chi connectivity index (χ0n) is 20.0. The molecule has 0 aliphatic carbocycles. The number of hydrogen-bond donors (Lipinski definition) is 0. The van der Waals surface area contributed by atoms with E-state index in [1.807, 2.05) is 22.1 Å². The van der Waals surface area contributed by atoms with Crippen LogP contribution in [0.1, 0.15) is 37.3 Å². The lowest BCUT2D eigenvalue weighted by Gasteiger charge is -2.38. The van der Waals surface area contributed by atoms with Crippen LogP contribution in [0, 0.1) is 13.8 Å². The van der Waals surface area contributed by atoms with Gasteiger partial charge in [-0.15, -0.1) is 0 Å². The minimum absolute atomic E-state index is 0.131. The summed E-state index contributed by atoms with van der Waals surface area (Å²) in [6.45, 7) is 10.6. The summed E-state index contributed by atoms with van der Waals surface area (Å²) in [6, 6.07) is 6.59. The van der Waals surface area contributed by atoms with Crippen LogP contribution >= 0.6 is 11.8 Å². The fraction of sp³-hybridized carbons (Fsp3) is 0.560. The van der Waals surface area contributed by atoms with E-state index in [1.54, 1.807) is 6.20 Å². The highest BCUT2D eigenvalue weighted by molar-refractivity contribution is 7.99. The van der Waals surface area contributed by atoms with Gasteiger partial charge in [0, 0.05) is 51.2 Å². The quantitative estimate of drug-likeness (QED) is 0.609. The van der Waals surface area contributed by atoms with Crippen molar-refractivity contribution in [2.45, 2.75) is 51.2 Å². The van der Waals surface area contributed by atoms with Crippen LogP contribution < -0.4 is 0 Å². The highest BCUT2D eigenvalue weighted by atomic mass is 32.2. The van der Waals surface area contributed by atoms with E-state index in [4.69, 9.17) is 0 Å². The predicted molar refractivity (Wildman–Crippen MR) is 132 cm³/mol. The van der Waals surface area contributed by atoms with Crippen LogP contribution in [0.2, 0.25) is 0 Å². The van der Waals surface area contributed by atoms with Crippen molar-refractivity contribution in [1.29, 1.82) is 0 Å². The van der Waals surface area contributed by atoms with Gasteiger partial charge >= 0.3 is 0 Å². The molecule has 178 valence electrons. The molecule has 2 fully saturated rings. The summed E-state index contributed by atoms with van der Waals surface area (Å²) in [7, 11) is 0. The topological polar surface area (TPSA) is 61.7 Å². The first-order valence-electron chi connectivity index (χ1n) is 12.0. The summed E-state index contributed by atoms with van der Waals surface area (Å²) in [5, 5.41) is 0.830. The van der Waals surface area contributed by atoms with Crippen molar-refractivity contribution in [3.05, 3.63) is 41.7 Å². The van der Waals surface area contributed by atoms with Gasteiger partial charge in [0.15, 0.2) is 5.16 Å². The summed E-state index contributed by atoms with van der Waals surface area (Å²) in [5.74, 6) is 0.730. The largest absolute Gasteiger partial charge is 0.339 e. The summed E-state index contributed by atoms with van der Waals surface area (Å²) in [5.41, 5.74) is 3.55. The molecule has 7 nitrogen and oxygen atoms in total. The number of carbonyl (C=O) groups is 2. The third-order valence-corrected chi connectivity index (χ3v) is 7.93. The summed E-state index contributed by atoms with van der Waals surface area (Å²) in [6.07, 6.45) is 7.17. The van der Waals surface area contributed by atoms with Crippen molar-refractivity contribution < 1.29 is 9.59 Å². The Labute approximate surface area is 201 Å². The second kappa shape index (κ2) is 10.7. The molecule has 2 aromatic rings. The lowest BCUT2D eigenvalue weighted by molar-refractivity contribution is -0.136. The Morgan fingerprint density at radius 3 is 2.61 bits per heavy atom. The molecular formula is C25H35N5O2S. The van der Waals surface area contributed by atoms with Gasteiger partial charge < -0.3 is 9.80 Å². The molecule has 1 aromatic carbocycles. The van der Waals surface area contributed by atoms with E-state index in [2.05, 4.69) is 47.4 Å². The first kappa shape index (κ1) is 23.8. The van der Waals surface area contributed by atoms with Crippen LogP contribution in [-0.2, 0) is 9.59 Å². The molecule has 8 heteroatoms. The number of likely N-dealkylation sites (tertiary alicyclic amines) is 1. The van der Waals surface area contributed by atoms with Gasteiger partial charge in [-0.25, -0.2) is 4.98 Å². The number of thioether (sulfide) groups is 1. The van der Waals surface area contributed by atoms with Gasteiger partial charge in [-0.05, 0) is 57.2 Å². The maximum atomic E-state index is 12.9. The molecule has 2 aliphatic rings. The maximum absolute atomic E-state index is 12.9. The second-order valence-electron chi connectivity index (χ2n) is 9.18. The van der Waals surface area contributed by atoms with E-state index in [0.29, 0.717) is 31.4 Å². The maximum Gasteiger partial charge on any atom is 0.236 e. The molecule has 1 atom stereocenters. The number of nitrogens with zero attached hydrogens (tertiary/aromatic N) is 5. The fourth-order valence-corrected chi connectivity index (χ4v) is 5.57. The van der Waals surface area contributed by atoms with E-state index in [9.17, 15) is 9.59 Å². The van der Waals surface area contributed by atoms with Crippen molar-refractivity contribution in [1.82, 2.24) is 24.3 Å². The molecular weight excluding hydrogens is 434 g/mol. The van der Waals surface area contributed by atoms with Crippen molar-refractivity contribution in [3.8, 4) is 5.69 Å². The zero-order valence-corrected chi connectivity index (χ0v) is 20.8. The zero-order chi connectivity index (χ0) is 23.4. The Balaban J connectivity index is 1.26. The Kier molecular flexibility index (Phi) is 7.75. The van der Waals surface area contributed by atoms with Gasteiger partial charge in [0.1, 0.15) is 0 Å². The molecule has 0 N–H and O–H groups in total. The minimum atomic E-state index is 0.131. The molecule has 0 spiro atoms. The van der Waals surface area contributed by atoms with Crippen LogP contribution in [0.15, 0.2) is 35.7 Å². The third kappa shape index (κ3) is 5.61. The van der Waals surface area contributed by atoms with Crippen molar-refractivity contribution in [2.24, 2.45) is 0 Å². The van der Waals surface area contributed by atoms with Gasteiger partial charge in [0.25, 0.3) is 0 Å². The molecule has 2 saturated heterocycles. The summed E-state index contributed by atoms with van der Waals surface area (Å²) in [4.78, 5) is 36.2. The van der Waals surface area contributed by atoms with E-state index < -0.39 is 0 Å². The van der Waals surface area contributed by atoms with Gasteiger partial charge in [-0.2, -0.15) is 0 Å². The number of hydrogen-bond acceptors (Lipinski definition) is 5. The lowest BCUT2D eigenvalue weighted by Crippen LogP contribution is -2.53. The Bertz CT molecular complexity index is 983. The van der Waals surface area contributed by atoms with Crippen molar-refractivity contribution >= 4 is 23.6 Å². The van der Waals surface area contributed by atoms with Crippen molar-refractivity contribution in [2.75, 3.05) is 45.0 Å². The number of carbonyl (C=O) groups excluding carboxylic acids is 2. The second-order valence-corrected chi connectivity index (χ2v) is 10.1. The molecule has 0 bridgehead atoms. The molecule has 4 rings (SSSR count). The number of aryl methyl sites for hydroxylation is 1. The first-order valence-corrected chi connectivity index (χ1v) is 12.9. The van der Waals surface area contributed by atoms with E-state index >= 15 is 0 Å². The fourth-order valence-electron chi connectivity index (χ4n) is 4.70. The Hall–Kier alpha value is -2.32. The van der Waals surface area contributed by atoms with E-state index in [1.165, 1.54) is 29.3 Å². The van der Waals surface area contributed by atoms with Crippen molar-refractivity contribution in [3.63, 3.8) is 0 Å². The normalized spacial score (nSPS) is 19.7.